The first-order valence-electron chi connectivity index (χ1n) is 11.8. The van der Waals surface area contributed by atoms with Crippen LogP contribution >= 0.6 is 12.6 Å². The normalized spacial score (nSPS) is 47.4. The number of aliphatic hydroxyl groups is 1. The van der Waals surface area contributed by atoms with Gasteiger partial charge in [0.2, 0.25) is 5.12 Å². The van der Waals surface area contributed by atoms with Gasteiger partial charge in [-0.25, -0.2) is 13.6 Å². The van der Waals surface area contributed by atoms with Gasteiger partial charge in [-0.2, -0.15) is 0 Å². The van der Waals surface area contributed by atoms with Gasteiger partial charge in [0.15, 0.2) is 17.1 Å². The van der Waals surface area contributed by atoms with Crippen LogP contribution in [0.1, 0.15) is 47.0 Å². The van der Waals surface area contributed by atoms with E-state index in [-0.39, 0.29) is 38.0 Å². The van der Waals surface area contributed by atoms with E-state index in [1.807, 2.05) is 0 Å². The van der Waals surface area contributed by atoms with Gasteiger partial charge in [-0.05, 0) is 56.8 Å². The maximum atomic E-state index is 17.2. The second-order valence-electron chi connectivity index (χ2n) is 10.6. The summed E-state index contributed by atoms with van der Waals surface area (Å²) in [6.07, 6.45) is 0.398. The van der Waals surface area contributed by atoms with Crippen molar-refractivity contribution in [2.45, 2.75) is 70.5 Å². The number of aliphatic hydroxyl groups excluding tert-OH is 1. The van der Waals surface area contributed by atoms with E-state index in [0.717, 1.165) is 6.08 Å². The van der Waals surface area contributed by atoms with Crippen LogP contribution in [0.15, 0.2) is 23.8 Å². The van der Waals surface area contributed by atoms with Crippen LogP contribution in [-0.4, -0.2) is 58.7 Å². The Labute approximate surface area is 203 Å². The Morgan fingerprint density at radius 3 is 2.56 bits per heavy atom. The molecular formula is C25H32F2O6S. The van der Waals surface area contributed by atoms with Crippen molar-refractivity contribution in [2.24, 2.45) is 28.6 Å². The smallest absolute Gasteiger partial charge is 0.333 e. The number of carbonyl (C=O) groups is 3. The second kappa shape index (κ2) is 8.23. The highest BCUT2D eigenvalue weighted by Gasteiger charge is 2.77. The predicted octanol–water partition coefficient (Wildman–Crippen LogP) is 3.33. The minimum absolute atomic E-state index is 0.0344. The molecule has 0 aromatic rings. The molecule has 6 nitrogen and oxygen atoms in total. The zero-order valence-electron chi connectivity index (χ0n) is 19.8. The van der Waals surface area contributed by atoms with E-state index in [9.17, 15) is 19.5 Å². The Morgan fingerprint density at radius 2 is 1.94 bits per heavy atom. The van der Waals surface area contributed by atoms with E-state index >= 15 is 8.78 Å². The van der Waals surface area contributed by atoms with Crippen molar-refractivity contribution in [1.29, 1.82) is 0 Å². The zero-order chi connectivity index (χ0) is 25.3. The fourth-order valence-electron chi connectivity index (χ4n) is 7.63. The van der Waals surface area contributed by atoms with Crippen LogP contribution in [0.4, 0.5) is 8.78 Å². The summed E-state index contributed by atoms with van der Waals surface area (Å²) >= 11 is 4.10. The first kappa shape index (κ1) is 25.5. The van der Waals surface area contributed by atoms with E-state index in [0.29, 0.717) is 0 Å². The molecule has 0 unspecified atom stereocenters. The van der Waals surface area contributed by atoms with Crippen LogP contribution in [0.2, 0.25) is 0 Å². The molecule has 3 saturated carbocycles. The number of rotatable bonds is 5. The maximum absolute atomic E-state index is 17.2. The fraction of sp³-hybridized carbons (Fsp3) is 0.720. The highest BCUT2D eigenvalue weighted by molar-refractivity contribution is 7.96. The van der Waals surface area contributed by atoms with E-state index in [2.05, 4.69) is 12.6 Å². The largest absolute Gasteiger partial charge is 0.447 e. The van der Waals surface area contributed by atoms with Crippen LogP contribution in [-0.2, 0) is 23.9 Å². The molecule has 188 valence electrons. The monoisotopic (exact) mass is 498 g/mol. The molecule has 9 atom stereocenters. The number of alkyl halides is 2. The second-order valence-corrected chi connectivity index (χ2v) is 11.1. The van der Waals surface area contributed by atoms with Crippen molar-refractivity contribution in [2.75, 3.05) is 13.2 Å². The van der Waals surface area contributed by atoms with Gasteiger partial charge >= 0.3 is 5.97 Å². The van der Waals surface area contributed by atoms with E-state index < -0.39 is 69.0 Å². The summed E-state index contributed by atoms with van der Waals surface area (Å²) in [7, 11) is 0. The third-order valence-electron chi connectivity index (χ3n) is 9.19. The highest BCUT2D eigenvalue weighted by Crippen LogP contribution is 2.71. The molecule has 0 spiro atoms. The van der Waals surface area contributed by atoms with Gasteiger partial charge < -0.3 is 14.6 Å². The van der Waals surface area contributed by atoms with Crippen LogP contribution in [0.3, 0.4) is 0 Å². The Kier molecular flexibility index (Phi) is 6.18. The van der Waals surface area contributed by atoms with Gasteiger partial charge in [-0.1, -0.05) is 19.9 Å². The molecule has 0 aliphatic heterocycles. The predicted molar refractivity (Wildman–Crippen MR) is 122 cm³/mol. The van der Waals surface area contributed by atoms with Crippen molar-refractivity contribution in [3.05, 3.63) is 23.8 Å². The number of ether oxygens (including phenoxy) is 2. The Hall–Kier alpha value is -1.58. The molecule has 0 aromatic heterocycles. The molecule has 9 heteroatoms. The molecule has 4 aliphatic rings. The summed E-state index contributed by atoms with van der Waals surface area (Å²) in [5.74, 6) is -3.25. The van der Waals surface area contributed by atoms with E-state index in [1.165, 1.54) is 19.1 Å². The Morgan fingerprint density at radius 1 is 1.26 bits per heavy atom. The number of allylic oxidation sites excluding steroid dienone is 4. The summed E-state index contributed by atoms with van der Waals surface area (Å²) in [6.45, 7) is 6.59. The first-order chi connectivity index (χ1) is 15.8. The molecule has 4 rings (SSSR count). The molecule has 1 N–H and O–H groups in total. The van der Waals surface area contributed by atoms with Crippen LogP contribution in [0.5, 0.6) is 0 Å². The SMILES string of the molecule is CCOCC(=O)O[C@]1(C(=O)S)[C@H](C)C[C@H]2[C@@H]3C[C@H](F)C4=CC(=O)C=C[C@]4(C)[C@@]3(F)[C@@H](O)C[C@@]21C. The average Bonchev–Trinajstić information content (AvgIpc) is 2.98. The van der Waals surface area contributed by atoms with Crippen molar-refractivity contribution >= 4 is 29.5 Å². The van der Waals surface area contributed by atoms with Crippen molar-refractivity contribution in [1.82, 2.24) is 0 Å². The molecule has 0 bridgehead atoms. The summed E-state index contributed by atoms with van der Waals surface area (Å²) in [4.78, 5) is 37.6. The molecule has 0 amide bonds. The Bertz CT molecular complexity index is 982. The molecule has 0 aromatic carbocycles. The molecule has 3 fully saturated rings. The minimum Gasteiger partial charge on any atom is -0.447 e. The molecular weight excluding hydrogens is 466 g/mol. The number of halogens is 2. The maximum Gasteiger partial charge on any atom is 0.333 e. The number of hydrogen-bond donors (Lipinski definition) is 2. The third-order valence-corrected chi connectivity index (χ3v) is 9.52. The van der Waals surface area contributed by atoms with Crippen molar-refractivity contribution in [3.63, 3.8) is 0 Å². The number of thiol groups is 1. The minimum atomic E-state index is -2.27. The van der Waals surface area contributed by atoms with Gasteiger partial charge in [-0.15, -0.1) is 12.6 Å². The summed E-state index contributed by atoms with van der Waals surface area (Å²) in [6, 6.07) is 0. The van der Waals surface area contributed by atoms with E-state index in [1.54, 1.807) is 20.8 Å². The number of hydrogen-bond acceptors (Lipinski definition) is 6. The van der Waals surface area contributed by atoms with Gasteiger partial charge in [0, 0.05) is 29.3 Å². The van der Waals surface area contributed by atoms with Gasteiger partial charge in [-0.3, -0.25) is 9.59 Å². The lowest BCUT2D eigenvalue weighted by molar-refractivity contribution is -0.229. The van der Waals surface area contributed by atoms with Crippen LogP contribution in [0, 0.1) is 28.6 Å². The number of fused-ring (bicyclic) bond motifs is 5. The van der Waals surface area contributed by atoms with Crippen molar-refractivity contribution in [3.8, 4) is 0 Å². The van der Waals surface area contributed by atoms with Gasteiger partial charge in [0.1, 0.15) is 12.8 Å². The number of carbonyl (C=O) groups excluding carboxylic acids is 3. The summed E-state index contributed by atoms with van der Waals surface area (Å²) < 4.78 is 43.6. The molecule has 34 heavy (non-hydrogen) atoms. The van der Waals surface area contributed by atoms with Crippen LogP contribution in [0.25, 0.3) is 0 Å². The summed E-state index contributed by atoms with van der Waals surface area (Å²) in [5, 5.41) is 10.7. The van der Waals surface area contributed by atoms with Crippen molar-refractivity contribution < 1.29 is 37.7 Å². The zero-order valence-corrected chi connectivity index (χ0v) is 20.7. The third kappa shape index (κ3) is 3.08. The highest BCUT2D eigenvalue weighted by atomic mass is 32.1. The van der Waals surface area contributed by atoms with Crippen LogP contribution < -0.4 is 0 Å². The van der Waals surface area contributed by atoms with E-state index in [4.69, 9.17) is 9.47 Å². The lowest BCUT2D eigenvalue weighted by Crippen LogP contribution is -2.70. The lowest BCUT2D eigenvalue weighted by Gasteiger charge is -2.63. The number of ketones is 1. The first-order valence-corrected chi connectivity index (χ1v) is 12.2. The van der Waals surface area contributed by atoms with Gasteiger partial charge in [0.05, 0.1) is 6.10 Å². The molecule has 4 aliphatic carbocycles. The fourth-order valence-corrected chi connectivity index (χ4v) is 8.16. The quantitative estimate of drug-likeness (QED) is 0.447. The molecule has 0 radical (unpaired) electrons. The average molecular weight is 499 g/mol. The van der Waals surface area contributed by atoms with Gasteiger partial charge in [0.25, 0.3) is 0 Å². The topological polar surface area (TPSA) is 89.9 Å². The summed E-state index contributed by atoms with van der Waals surface area (Å²) in [5.41, 5.74) is -6.66. The Balaban J connectivity index is 1.81. The standard InChI is InChI=1S/C25H32F2O6S/c1-5-32-12-20(30)33-25(21(31)34)13(2)8-15-16-10-18(26)17-9-14(28)6-7-22(17,3)24(16,27)19(29)11-23(15,25)4/h6-7,9,13,15-16,18-19,29H,5,8,10-12H2,1-4H3,(H,31,34)/t13-,15+,16+,18+,19+,22+,23+,24+,25+/m1/s1. The molecule has 0 heterocycles. The molecule has 0 saturated heterocycles. The lowest BCUT2D eigenvalue weighted by atomic mass is 9.44. The number of esters is 1.